The molecule has 8 heteroatoms. The van der Waals surface area contributed by atoms with Gasteiger partial charge >= 0.3 is 5.69 Å². The summed E-state index contributed by atoms with van der Waals surface area (Å²) in [6, 6.07) is 9.32. The van der Waals surface area contributed by atoms with Crippen LogP contribution in [0.1, 0.15) is 31.7 Å². The molecule has 8 nitrogen and oxygen atoms in total. The van der Waals surface area contributed by atoms with E-state index in [1.807, 2.05) is 37.3 Å². The summed E-state index contributed by atoms with van der Waals surface area (Å²) >= 11 is 0. The molecule has 1 amide bonds. The molecule has 2 rings (SSSR count). The number of ether oxygens (including phenoxy) is 1. The molecule has 3 N–H and O–H groups in total. The van der Waals surface area contributed by atoms with Gasteiger partial charge in [-0.1, -0.05) is 43.7 Å². The van der Waals surface area contributed by atoms with Gasteiger partial charge in [-0.3, -0.25) is 19.1 Å². The van der Waals surface area contributed by atoms with Crippen LogP contribution in [0, 0.1) is 0 Å². The number of nitrogens with one attached hydrogen (secondary N) is 1. The normalized spacial score (nSPS) is 10.7. The number of nitrogens with zero attached hydrogens (tertiary/aromatic N) is 2. The second-order valence-electron chi connectivity index (χ2n) is 6.21. The molecule has 0 fully saturated rings. The molecule has 0 atom stereocenters. The highest BCUT2D eigenvalue weighted by molar-refractivity contribution is 5.95. The fourth-order valence-electron chi connectivity index (χ4n) is 2.76. The maximum Gasteiger partial charge on any atom is 0.330 e. The first kappa shape index (κ1) is 20.4. The molecule has 0 saturated carbocycles. The first-order valence-electron chi connectivity index (χ1n) is 8.95. The summed E-state index contributed by atoms with van der Waals surface area (Å²) in [5.41, 5.74) is 5.69. The summed E-state index contributed by atoms with van der Waals surface area (Å²) in [6.45, 7) is 2.60. The van der Waals surface area contributed by atoms with E-state index in [9.17, 15) is 14.4 Å². The lowest BCUT2D eigenvalue weighted by molar-refractivity contribution is -0.118. The Hall–Kier alpha value is -2.87. The van der Waals surface area contributed by atoms with Crippen molar-refractivity contribution in [3.63, 3.8) is 0 Å². The lowest BCUT2D eigenvalue weighted by atomic mass is 10.1. The van der Waals surface area contributed by atoms with E-state index in [1.165, 1.54) is 16.6 Å². The molecule has 1 aromatic carbocycles. The number of aromatic amines is 1. The Labute approximate surface area is 157 Å². The smallest absolute Gasteiger partial charge is 0.330 e. The van der Waals surface area contributed by atoms with Gasteiger partial charge in [0.1, 0.15) is 5.82 Å². The van der Waals surface area contributed by atoms with Crippen LogP contribution in [0.15, 0.2) is 39.9 Å². The summed E-state index contributed by atoms with van der Waals surface area (Å²) in [7, 11) is 1.50. The van der Waals surface area contributed by atoms with E-state index >= 15 is 0 Å². The number of unbranched alkanes of at least 4 members (excludes halogenated alkanes) is 1. The molecule has 0 unspecified atom stereocenters. The van der Waals surface area contributed by atoms with Gasteiger partial charge in [-0.05, 0) is 12.0 Å². The highest BCUT2D eigenvalue weighted by atomic mass is 16.5. The van der Waals surface area contributed by atoms with Gasteiger partial charge in [0.2, 0.25) is 5.91 Å². The maximum absolute atomic E-state index is 12.8. The minimum absolute atomic E-state index is 0.00402. The highest BCUT2D eigenvalue weighted by Crippen LogP contribution is 2.21. The number of benzene rings is 1. The van der Waals surface area contributed by atoms with Crippen LogP contribution in [0.25, 0.3) is 0 Å². The average Bonchev–Trinajstić information content (AvgIpc) is 2.65. The topological polar surface area (TPSA) is 110 Å². The molecule has 1 aromatic heterocycles. The Morgan fingerprint density at radius 2 is 1.96 bits per heavy atom. The number of carbonyl (C=O) groups is 1. The number of anilines is 2. The zero-order valence-corrected chi connectivity index (χ0v) is 15.7. The van der Waals surface area contributed by atoms with Crippen molar-refractivity contribution in [1.82, 2.24) is 9.55 Å². The first-order chi connectivity index (χ1) is 13.0. The molecule has 27 heavy (non-hydrogen) atoms. The SMILES string of the molecule is CCCCC(=O)N(Cc1ccccc1)c1c(N)n(CCOC)c(=O)[nH]c1=O. The number of carbonyl (C=O) groups excluding carboxylic acids is 1. The van der Waals surface area contributed by atoms with Crippen LogP contribution in [0.5, 0.6) is 0 Å². The number of hydrogen-bond donors (Lipinski definition) is 2. The number of aromatic nitrogens is 2. The number of amides is 1. The fourth-order valence-corrected chi connectivity index (χ4v) is 2.76. The maximum atomic E-state index is 12.8. The zero-order chi connectivity index (χ0) is 19.8. The Morgan fingerprint density at radius 1 is 1.26 bits per heavy atom. The van der Waals surface area contributed by atoms with Crippen LogP contribution in [-0.4, -0.2) is 29.2 Å². The van der Waals surface area contributed by atoms with Crippen molar-refractivity contribution in [3.05, 3.63) is 56.7 Å². The average molecular weight is 374 g/mol. The fraction of sp³-hybridized carbons (Fsp3) is 0.421. The Balaban J connectivity index is 2.52. The monoisotopic (exact) mass is 374 g/mol. The zero-order valence-electron chi connectivity index (χ0n) is 15.7. The number of H-pyrrole nitrogens is 1. The molecule has 0 saturated heterocycles. The van der Waals surface area contributed by atoms with E-state index in [2.05, 4.69) is 4.98 Å². The standard InChI is InChI=1S/C19H26N4O4/c1-3-4-10-15(24)23(13-14-8-6-5-7-9-14)16-17(20)22(11-12-27-2)19(26)21-18(16)25/h5-9H,3-4,10-13,20H2,1-2H3,(H,21,25,26). The van der Waals surface area contributed by atoms with Gasteiger partial charge in [0, 0.05) is 13.5 Å². The number of hydrogen-bond acceptors (Lipinski definition) is 5. The predicted molar refractivity (Wildman–Crippen MR) is 105 cm³/mol. The lowest BCUT2D eigenvalue weighted by Crippen LogP contribution is -2.41. The predicted octanol–water partition coefficient (Wildman–Crippen LogP) is 1.49. The quantitative estimate of drug-likeness (QED) is 0.691. The largest absolute Gasteiger partial charge is 0.383 e. The summed E-state index contributed by atoms with van der Waals surface area (Å²) in [5, 5.41) is 0. The van der Waals surface area contributed by atoms with Crippen LogP contribution in [0.4, 0.5) is 11.5 Å². The Morgan fingerprint density at radius 3 is 2.59 bits per heavy atom. The van der Waals surface area contributed by atoms with E-state index in [0.29, 0.717) is 12.8 Å². The van der Waals surface area contributed by atoms with Gasteiger partial charge < -0.3 is 15.4 Å². The van der Waals surface area contributed by atoms with E-state index < -0.39 is 11.2 Å². The number of nitrogen functional groups attached to an aromatic ring is 1. The minimum atomic E-state index is -0.674. The van der Waals surface area contributed by atoms with E-state index in [1.54, 1.807) is 0 Å². The van der Waals surface area contributed by atoms with Gasteiger partial charge in [-0.2, -0.15) is 0 Å². The van der Waals surface area contributed by atoms with E-state index in [4.69, 9.17) is 10.5 Å². The summed E-state index contributed by atoms with van der Waals surface area (Å²) in [5.74, 6) is -0.253. The summed E-state index contributed by atoms with van der Waals surface area (Å²) in [4.78, 5) is 41.1. The van der Waals surface area contributed by atoms with Crippen molar-refractivity contribution < 1.29 is 9.53 Å². The third-order valence-electron chi connectivity index (χ3n) is 4.23. The van der Waals surface area contributed by atoms with E-state index in [0.717, 1.165) is 12.0 Å². The molecular weight excluding hydrogens is 348 g/mol. The van der Waals surface area contributed by atoms with Crippen LogP contribution in [0.2, 0.25) is 0 Å². The molecule has 0 radical (unpaired) electrons. The molecule has 0 spiro atoms. The van der Waals surface area contributed by atoms with Crippen LogP contribution >= 0.6 is 0 Å². The van der Waals surface area contributed by atoms with E-state index in [-0.39, 0.29) is 37.1 Å². The van der Waals surface area contributed by atoms with Crippen molar-refractivity contribution in [1.29, 1.82) is 0 Å². The third-order valence-corrected chi connectivity index (χ3v) is 4.23. The van der Waals surface area contributed by atoms with Gasteiger partial charge in [0.25, 0.3) is 5.56 Å². The molecular formula is C19H26N4O4. The van der Waals surface area contributed by atoms with Crippen LogP contribution in [0.3, 0.4) is 0 Å². The van der Waals surface area contributed by atoms with Crippen molar-refractivity contribution in [2.24, 2.45) is 0 Å². The number of methoxy groups -OCH3 is 1. The third kappa shape index (κ3) is 5.07. The van der Waals surface area contributed by atoms with Gasteiger partial charge in [0.05, 0.1) is 19.7 Å². The molecule has 2 aromatic rings. The van der Waals surface area contributed by atoms with Crippen LogP contribution < -0.4 is 21.9 Å². The van der Waals surface area contributed by atoms with Gasteiger partial charge in [-0.15, -0.1) is 0 Å². The van der Waals surface area contributed by atoms with Crippen LogP contribution in [-0.2, 0) is 22.6 Å². The molecule has 0 aliphatic carbocycles. The van der Waals surface area contributed by atoms with Crippen molar-refractivity contribution in [2.45, 2.75) is 39.3 Å². The second-order valence-corrected chi connectivity index (χ2v) is 6.21. The van der Waals surface area contributed by atoms with Gasteiger partial charge in [0.15, 0.2) is 5.69 Å². The van der Waals surface area contributed by atoms with Crippen molar-refractivity contribution >= 4 is 17.4 Å². The van der Waals surface area contributed by atoms with Gasteiger partial charge in [-0.25, -0.2) is 4.79 Å². The highest BCUT2D eigenvalue weighted by Gasteiger charge is 2.24. The molecule has 0 aliphatic rings. The first-order valence-corrected chi connectivity index (χ1v) is 8.95. The molecule has 1 heterocycles. The second kappa shape index (κ2) is 9.72. The van der Waals surface area contributed by atoms with Crippen molar-refractivity contribution in [3.8, 4) is 0 Å². The van der Waals surface area contributed by atoms with Crippen molar-refractivity contribution in [2.75, 3.05) is 24.4 Å². The summed E-state index contributed by atoms with van der Waals surface area (Å²) < 4.78 is 6.21. The summed E-state index contributed by atoms with van der Waals surface area (Å²) in [6.07, 6.45) is 1.84. The molecule has 0 bridgehead atoms. The number of nitrogens with two attached hydrogens (primary N) is 1. The molecule has 0 aliphatic heterocycles. The molecule has 146 valence electrons. The number of rotatable bonds is 9. The lowest BCUT2D eigenvalue weighted by Gasteiger charge is -2.24. The Bertz CT molecular complexity index is 874. The Kier molecular flexibility index (Phi) is 7.36. The minimum Gasteiger partial charge on any atom is -0.383 e.